The Kier molecular flexibility index (Phi) is 3.75. The van der Waals surface area contributed by atoms with Crippen LogP contribution in [0.15, 0.2) is 0 Å². The molecule has 0 saturated heterocycles. The molecule has 3 amide bonds. The van der Waals surface area contributed by atoms with Crippen LogP contribution in [0.3, 0.4) is 0 Å². The first-order valence-corrected chi connectivity index (χ1v) is 4.68. The van der Waals surface area contributed by atoms with Crippen LogP contribution in [0.25, 0.3) is 0 Å². The third-order valence-corrected chi connectivity index (χ3v) is 1.51. The summed E-state index contributed by atoms with van der Waals surface area (Å²) in [6, 6.07) is 0. The van der Waals surface area contributed by atoms with Gasteiger partial charge in [-0.2, -0.15) is 4.68 Å². The predicted octanol–water partition coefficient (Wildman–Crippen LogP) is -0.715. The molecule has 0 bridgehead atoms. The molecule has 0 saturated carbocycles. The molecule has 0 radical (unpaired) electrons. The van der Waals surface area contributed by atoms with E-state index >= 15 is 0 Å². The third kappa shape index (κ3) is 3.55. The highest BCUT2D eigenvalue weighted by molar-refractivity contribution is 5.90. The molecule has 0 unspecified atom stereocenters. The molecule has 0 spiro atoms. The Hall–Kier alpha value is -2.45. The normalized spacial score (nSPS) is 9.59. The SMILES string of the molecule is CC(=O)Nc1nnc(NC(C)=O)n1NC(C)=O. The van der Waals surface area contributed by atoms with E-state index in [4.69, 9.17) is 0 Å². The van der Waals surface area contributed by atoms with Gasteiger partial charge in [0.25, 0.3) is 11.9 Å². The number of amides is 3. The molecule has 0 atom stereocenters. The summed E-state index contributed by atoms with van der Waals surface area (Å²) >= 11 is 0. The van der Waals surface area contributed by atoms with Gasteiger partial charge < -0.3 is 0 Å². The van der Waals surface area contributed by atoms with Gasteiger partial charge in [-0.05, 0) is 0 Å². The zero-order valence-corrected chi connectivity index (χ0v) is 9.57. The quantitative estimate of drug-likeness (QED) is 0.644. The number of nitrogens with zero attached hydrogens (tertiary/aromatic N) is 3. The lowest BCUT2D eigenvalue weighted by atomic mass is 10.7. The maximum Gasteiger partial charge on any atom is 0.252 e. The first kappa shape index (κ1) is 12.6. The molecule has 1 rings (SSSR count). The highest BCUT2D eigenvalue weighted by atomic mass is 16.2. The maximum atomic E-state index is 11.0. The van der Waals surface area contributed by atoms with E-state index in [0.29, 0.717) is 0 Å². The van der Waals surface area contributed by atoms with Gasteiger partial charge in [0.15, 0.2) is 0 Å². The number of nitrogens with one attached hydrogen (secondary N) is 3. The van der Waals surface area contributed by atoms with E-state index in [0.717, 1.165) is 4.68 Å². The third-order valence-electron chi connectivity index (χ3n) is 1.51. The average Bonchev–Trinajstić information content (AvgIpc) is 2.47. The number of hydrogen-bond acceptors (Lipinski definition) is 5. The van der Waals surface area contributed by atoms with Gasteiger partial charge in [0.2, 0.25) is 17.7 Å². The Morgan fingerprint density at radius 2 is 1.29 bits per heavy atom. The molecular weight excluding hydrogens is 228 g/mol. The van der Waals surface area contributed by atoms with Crippen molar-refractivity contribution in [1.82, 2.24) is 14.9 Å². The molecule has 3 N–H and O–H groups in total. The smallest absolute Gasteiger partial charge is 0.252 e. The van der Waals surface area contributed by atoms with E-state index < -0.39 is 5.91 Å². The fourth-order valence-corrected chi connectivity index (χ4v) is 1.02. The van der Waals surface area contributed by atoms with Gasteiger partial charge in [-0.25, -0.2) is 0 Å². The molecule has 1 aromatic heterocycles. The van der Waals surface area contributed by atoms with Crippen LogP contribution in [-0.4, -0.2) is 32.6 Å². The van der Waals surface area contributed by atoms with Crippen molar-refractivity contribution in [3.63, 3.8) is 0 Å². The molecule has 0 aromatic carbocycles. The number of hydrogen-bond donors (Lipinski definition) is 3. The van der Waals surface area contributed by atoms with Crippen molar-refractivity contribution in [2.24, 2.45) is 0 Å². The van der Waals surface area contributed by atoms with Crippen LogP contribution < -0.4 is 16.1 Å². The molecule has 17 heavy (non-hydrogen) atoms. The Bertz CT molecular complexity index is 432. The zero-order valence-electron chi connectivity index (χ0n) is 9.57. The average molecular weight is 240 g/mol. The van der Waals surface area contributed by atoms with Crippen LogP contribution in [0.1, 0.15) is 20.8 Å². The van der Waals surface area contributed by atoms with E-state index in [1.54, 1.807) is 0 Å². The summed E-state index contributed by atoms with van der Waals surface area (Å²) in [5.74, 6) is -1.13. The minimum atomic E-state index is -0.400. The van der Waals surface area contributed by atoms with E-state index in [2.05, 4.69) is 26.3 Å². The molecular formula is C8H12N6O3. The van der Waals surface area contributed by atoms with Crippen LogP contribution in [0.5, 0.6) is 0 Å². The minimum absolute atomic E-state index is 0.0106. The Morgan fingerprint density at radius 1 is 0.882 bits per heavy atom. The van der Waals surface area contributed by atoms with Crippen molar-refractivity contribution >= 4 is 29.6 Å². The monoisotopic (exact) mass is 240 g/mol. The number of carbonyl (C=O) groups excluding carboxylic acids is 3. The topological polar surface area (TPSA) is 118 Å². The van der Waals surface area contributed by atoms with Crippen molar-refractivity contribution in [2.75, 3.05) is 16.1 Å². The molecule has 0 aliphatic heterocycles. The number of anilines is 2. The van der Waals surface area contributed by atoms with Crippen LogP contribution in [0.4, 0.5) is 11.9 Å². The van der Waals surface area contributed by atoms with Gasteiger partial charge in [-0.1, -0.05) is 0 Å². The van der Waals surface area contributed by atoms with E-state index in [-0.39, 0.29) is 23.7 Å². The number of carbonyl (C=O) groups is 3. The van der Waals surface area contributed by atoms with Crippen molar-refractivity contribution < 1.29 is 14.4 Å². The zero-order chi connectivity index (χ0) is 13.0. The highest BCUT2D eigenvalue weighted by Crippen LogP contribution is 2.09. The van der Waals surface area contributed by atoms with Gasteiger partial charge >= 0.3 is 0 Å². The number of rotatable bonds is 3. The van der Waals surface area contributed by atoms with E-state index in [9.17, 15) is 14.4 Å². The van der Waals surface area contributed by atoms with E-state index in [1.807, 2.05) is 0 Å². The second-order valence-electron chi connectivity index (χ2n) is 3.21. The Labute approximate surface area is 96.6 Å². The summed E-state index contributed by atoms with van der Waals surface area (Å²) in [6.45, 7) is 3.84. The Morgan fingerprint density at radius 3 is 1.59 bits per heavy atom. The van der Waals surface area contributed by atoms with Gasteiger partial charge in [0.1, 0.15) is 0 Å². The summed E-state index contributed by atoms with van der Waals surface area (Å²) in [5.41, 5.74) is 2.36. The van der Waals surface area contributed by atoms with Gasteiger partial charge in [0.05, 0.1) is 0 Å². The molecule has 1 heterocycles. The molecule has 92 valence electrons. The standard InChI is InChI=1S/C8H12N6O3/c1-4(15)9-7-11-12-8(10-5(2)16)14(7)13-6(3)17/h1-3H3,(H,13,17)(H,9,11,15)(H,10,12,16). The Balaban J connectivity index is 3.04. The second-order valence-corrected chi connectivity index (χ2v) is 3.21. The van der Waals surface area contributed by atoms with Crippen LogP contribution >= 0.6 is 0 Å². The lowest BCUT2D eigenvalue weighted by molar-refractivity contribution is -0.116. The van der Waals surface area contributed by atoms with Gasteiger partial charge in [-0.15, -0.1) is 10.2 Å². The minimum Gasteiger partial charge on any atom is -0.293 e. The lowest BCUT2D eigenvalue weighted by Crippen LogP contribution is -2.26. The van der Waals surface area contributed by atoms with Crippen LogP contribution in [0.2, 0.25) is 0 Å². The van der Waals surface area contributed by atoms with Crippen molar-refractivity contribution in [2.45, 2.75) is 20.8 Å². The van der Waals surface area contributed by atoms with Crippen molar-refractivity contribution in [1.29, 1.82) is 0 Å². The van der Waals surface area contributed by atoms with Crippen molar-refractivity contribution in [3.05, 3.63) is 0 Å². The fraction of sp³-hybridized carbons (Fsp3) is 0.375. The first-order chi connectivity index (χ1) is 7.90. The summed E-state index contributed by atoms with van der Waals surface area (Å²) < 4.78 is 1.07. The van der Waals surface area contributed by atoms with Crippen LogP contribution in [-0.2, 0) is 14.4 Å². The largest absolute Gasteiger partial charge is 0.293 e. The lowest BCUT2D eigenvalue weighted by Gasteiger charge is -2.09. The van der Waals surface area contributed by atoms with Gasteiger partial charge in [0, 0.05) is 20.8 Å². The molecule has 9 nitrogen and oxygen atoms in total. The molecule has 9 heteroatoms. The molecule has 0 fully saturated rings. The molecule has 1 aromatic rings. The fourth-order valence-electron chi connectivity index (χ4n) is 1.02. The van der Waals surface area contributed by atoms with E-state index in [1.165, 1.54) is 20.8 Å². The van der Waals surface area contributed by atoms with Crippen LogP contribution in [0, 0.1) is 0 Å². The highest BCUT2D eigenvalue weighted by Gasteiger charge is 2.14. The van der Waals surface area contributed by atoms with Crippen molar-refractivity contribution in [3.8, 4) is 0 Å². The maximum absolute atomic E-state index is 11.0. The second kappa shape index (κ2) is 5.05. The summed E-state index contributed by atoms with van der Waals surface area (Å²) in [6.07, 6.45) is 0. The predicted molar refractivity (Wildman–Crippen MR) is 58.7 cm³/mol. The summed E-state index contributed by atoms with van der Waals surface area (Å²) in [5, 5.41) is 11.9. The molecule has 0 aliphatic carbocycles. The van der Waals surface area contributed by atoms with Gasteiger partial charge in [-0.3, -0.25) is 30.4 Å². The summed E-state index contributed by atoms with van der Waals surface area (Å²) in [4.78, 5) is 32.8. The first-order valence-electron chi connectivity index (χ1n) is 4.68. The molecule has 0 aliphatic rings. The summed E-state index contributed by atoms with van der Waals surface area (Å²) in [7, 11) is 0. The number of aromatic nitrogens is 3.